The van der Waals surface area contributed by atoms with E-state index in [1.165, 1.54) is 30.8 Å². The maximum Gasteiger partial charge on any atom is 0.274 e. The number of carbonyl (C=O) groups is 2. The van der Waals surface area contributed by atoms with Gasteiger partial charge in [0.1, 0.15) is 5.69 Å². The Hall–Kier alpha value is -2.89. The molecule has 1 unspecified atom stereocenters. The molecule has 1 saturated heterocycles. The zero-order valence-corrected chi connectivity index (χ0v) is 15.9. The zero-order chi connectivity index (χ0) is 19.2. The monoisotopic (exact) mass is 366 g/mol. The quantitative estimate of drug-likeness (QED) is 0.821. The van der Waals surface area contributed by atoms with Gasteiger partial charge in [-0.3, -0.25) is 14.6 Å². The molecule has 1 aromatic carbocycles. The molecule has 0 spiro atoms. The lowest BCUT2D eigenvalue weighted by molar-refractivity contribution is 0.0939. The van der Waals surface area contributed by atoms with Crippen LogP contribution in [-0.4, -0.2) is 35.9 Å². The average molecular weight is 366 g/mol. The second-order valence-corrected chi connectivity index (χ2v) is 6.91. The Labute approximate surface area is 160 Å². The molecule has 142 valence electrons. The van der Waals surface area contributed by atoms with Gasteiger partial charge in [-0.1, -0.05) is 6.92 Å². The van der Waals surface area contributed by atoms with Gasteiger partial charge in [-0.2, -0.15) is 0 Å². The average Bonchev–Trinajstić information content (AvgIpc) is 3.23. The molecule has 1 aliphatic heterocycles. The molecule has 2 heterocycles. The number of anilines is 2. The van der Waals surface area contributed by atoms with E-state index in [1.54, 1.807) is 6.07 Å². The Bertz CT molecular complexity index is 798. The van der Waals surface area contributed by atoms with E-state index in [2.05, 4.69) is 20.5 Å². The van der Waals surface area contributed by atoms with Crippen LogP contribution in [0, 0.1) is 0 Å². The van der Waals surface area contributed by atoms with Crippen LogP contribution in [0.3, 0.4) is 0 Å². The third-order valence-corrected chi connectivity index (χ3v) is 4.84. The zero-order valence-electron chi connectivity index (χ0n) is 15.9. The molecule has 1 aliphatic rings. The summed E-state index contributed by atoms with van der Waals surface area (Å²) in [6.45, 7) is 6.12. The van der Waals surface area contributed by atoms with Gasteiger partial charge in [-0.15, -0.1) is 0 Å². The highest BCUT2D eigenvalue weighted by atomic mass is 16.2. The molecule has 1 fully saturated rings. The van der Waals surface area contributed by atoms with Crippen molar-refractivity contribution in [2.45, 2.75) is 39.2 Å². The number of aromatic nitrogens is 1. The van der Waals surface area contributed by atoms with Crippen LogP contribution < -0.4 is 15.5 Å². The summed E-state index contributed by atoms with van der Waals surface area (Å²) in [5.74, 6) is -0.530. The fraction of sp³-hybridized carbons (Fsp3) is 0.381. The minimum Gasteiger partial charge on any atom is -0.372 e. The highest BCUT2D eigenvalue weighted by Gasteiger charge is 2.15. The van der Waals surface area contributed by atoms with Gasteiger partial charge in [0, 0.05) is 42.3 Å². The minimum atomic E-state index is -0.331. The first-order valence-corrected chi connectivity index (χ1v) is 9.50. The Morgan fingerprint density at radius 2 is 1.81 bits per heavy atom. The van der Waals surface area contributed by atoms with Gasteiger partial charge in [0.2, 0.25) is 0 Å². The summed E-state index contributed by atoms with van der Waals surface area (Å²) in [5.41, 5.74) is 2.53. The van der Waals surface area contributed by atoms with Crippen molar-refractivity contribution in [3.8, 4) is 0 Å². The molecule has 6 nitrogen and oxygen atoms in total. The van der Waals surface area contributed by atoms with Crippen LogP contribution >= 0.6 is 0 Å². The van der Waals surface area contributed by atoms with Crippen molar-refractivity contribution in [2.24, 2.45) is 0 Å². The fourth-order valence-corrected chi connectivity index (χ4v) is 3.03. The molecule has 2 aromatic rings. The highest BCUT2D eigenvalue weighted by molar-refractivity contribution is 6.04. The van der Waals surface area contributed by atoms with Crippen LogP contribution in [0.15, 0.2) is 42.6 Å². The Balaban J connectivity index is 1.65. The van der Waals surface area contributed by atoms with Crippen LogP contribution in [0.5, 0.6) is 0 Å². The van der Waals surface area contributed by atoms with Crippen LogP contribution in [0.25, 0.3) is 0 Å². The molecule has 27 heavy (non-hydrogen) atoms. The van der Waals surface area contributed by atoms with Crippen molar-refractivity contribution in [1.29, 1.82) is 0 Å². The first-order chi connectivity index (χ1) is 13.1. The highest BCUT2D eigenvalue weighted by Crippen LogP contribution is 2.22. The van der Waals surface area contributed by atoms with Crippen molar-refractivity contribution in [1.82, 2.24) is 10.3 Å². The number of pyridine rings is 1. The molecular formula is C21H26N4O2. The maximum atomic E-state index is 12.5. The smallest absolute Gasteiger partial charge is 0.274 e. The number of amides is 2. The molecule has 1 aromatic heterocycles. The molecule has 0 radical (unpaired) electrons. The van der Waals surface area contributed by atoms with Crippen LogP contribution in [0.1, 0.15) is 54.0 Å². The van der Waals surface area contributed by atoms with E-state index in [9.17, 15) is 9.59 Å². The fourth-order valence-electron chi connectivity index (χ4n) is 3.03. The number of benzene rings is 1. The van der Waals surface area contributed by atoms with E-state index in [0.717, 1.165) is 19.5 Å². The number of nitrogens with zero attached hydrogens (tertiary/aromatic N) is 2. The topological polar surface area (TPSA) is 74.3 Å². The SMILES string of the molecule is CCC(C)NC(=O)c1ccnc(C(=O)Nc2ccc(N3CCCC3)cc2)c1. The Morgan fingerprint density at radius 1 is 1.11 bits per heavy atom. The minimum absolute atomic E-state index is 0.0806. The molecule has 6 heteroatoms. The largest absolute Gasteiger partial charge is 0.372 e. The summed E-state index contributed by atoms with van der Waals surface area (Å²) in [4.78, 5) is 31.2. The molecule has 0 aliphatic carbocycles. The van der Waals surface area contributed by atoms with Gasteiger partial charge >= 0.3 is 0 Å². The van der Waals surface area contributed by atoms with Gasteiger partial charge < -0.3 is 15.5 Å². The molecule has 3 rings (SSSR count). The van der Waals surface area contributed by atoms with E-state index in [4.69, 9.17) is 0 Å². The van der Waals surface area contributed by atoms with Crippen molar-refractivity contribution in [2.75, 3.05) is 23.3 Å². The third kappa shape index (κ3) is 4.84. The summed E-state index contributed by atoms with van der Waals surface area (Å²) in [5, 5.41) is 5.73. The van der Waals surface area contributed by atoms with Gasteiger partial charge in [-0.25, -0.2) is 0 Å². The Kier molecular flexibility index (Phi) is 6.06. The van der Waals surface area contributed by atoms with E-state index in [-0.39, 0.29) is 23.6 Å². The van der Waals surface area contributed by atoms with E-state index in [1.807, 2.05) is 38.1 Å². The van der Waals surface area contributed by atoms with Gasteiger partial charge in [0.25, 0.3) is 11.8 Å². The third-order valence-electron chi connectivity index (χ3n) is 4.84. The lowest BCUT2D eigenvalue weighted by Crippen LogP contribution is -2.32. The standard InChI is InChI=1S/C21H26N4O2/c1-3-15(2)23-20(26)16-10-11-22-19(14-16)21(27)24-17-6-8-18(9-7-17)25-12-4-5-13-25/h6-11,14-15H,3-5,12-13H2,1-2H3,(H,23,26)(H,24,27). The van der Waals surface area contributed by atoms with Crippen LogP contribution in [0.4, 0.5) is 11.4 Å². The second kappa shape index (κ2) is 8.66. The molecule has 0 saturated carbocycles. The first kappa shape index (κ1) is 18.9. The van der Waals surface area contributed by atoms with Crippen LogP contribution in [-0.2, 0) is 0 Å². The van der Waals surface area contributed by atoms with Gasteiger partial charge in [0.05, 0.1) is 0 Å². The molecule has 0 bridgehead atoms. The first-order valence-electron chi connectivity index (χ1n) is 9.50. The van der Waals surface area contributed by atoms with E-state index in [0.29, 0.717) is 11.3 Å². The Morgan fingerprint density at radius 3 is 2.48 bits per heavy atom. The van der Waals surface area contributed by atoms with Crippen molar-refractivity contribution < 1.29 is 9.59 Å². The molecular weight excluding hydrogens is 340 g/mol. The van der Waals surface area contributed by atoms with Gasteiger partial charge in [-0.05, 0) is 62.6 Å². The summed E-state index contributed by atoms with van der Waals surface area (Å²) in [6, 6.07) is 11.0. The van der Waals surface area contributed by atoms with Crippen molar-refractivity contribution >= 4 is 23.2 Å². The maximum absolute atomic E-state index is 12.5. The lowest BCUT2D eigenvalue weighted by atomic mass is 10.1. The molecule has 1 atom stereocenters. The summed E-state index contributed by atoms with van der Waals surface area (Å²) in [7, 11) is 0. The number of nitrogens with one attached hydrogen (secondary N) is 2. The normalized spacial score (nSPS) is 14.7. The number of carbonyl (C=O) groups excluding carboxylic acids is 2. The molecule has 2 N–H and O–H groups in total. The number of hydrogen-bond donors (Lipinski definition) is 2. The van der Waals surface area contributed by atoms with Crippen molar-refractivity contribution in [3.63, 3.8) is 0 Å². The predicted octanol–water partition coefficient (Wildman–Crippen LogP) is 3.46. The van der Waals surface area contributed by atoms with Crippen molar-refractivity contribution in [3.05, 3.63) is 53.9 Å². The van der Waals surface area contributed by atoms with E-state index < -0.39 is 0 Å². The predicted molar refractivity (Wildman–Crippen MR) is 107 cm³/mol. The summed E-state index contributed by atoms with van der Waals surface area (Å²) < 4.78 is 0. The van der Waals surface area contributed by atoms with E-state index >= 15 is 0 Å². The molecule has 2 amide bonds. The van der Waals surface area contributed by atoms with Gasteiger partial charge in [0.15, 0.2) is 0 Å². The number of rotatable bonds is 6. The number of hydrogen-bond acceptors (Lipinski definition) is 4. The summed E-state index contributed by atoms with van der Waals surface area (Å²) in [6.07, 6.45) is 4.78. The lowest BCUT2D eigenvalue weighted by Gasteiger charge is -2.17. The van der Waals surface area contributed by atoms with Crippen LogP contribution in [0.2, 0.25) is 0 Å². The second-order valence-electron chi connectivity index (χ2n) is 6.91. The summed E-state index contributed by atoms with van der Waals surface area (Å²) >= 11 is 0.